The summed E-state index contributed by atoms with van der Waals surface area (Å²) in [7, 11) is -2.08. The van der Waals surface area contributed by atoms with Crippen molar-refractivity contribution >= 4 is 37.6 Å². The van der Waals surface area contributed by atoms with Crippen molar-refractivity contribution in [1.82, 2.24) is 14.5 Å². The van der Waals surface area contributed by atoms with E-state index in [1.807, 2.05) is 6.92 Å². The van der Waals surface area contributed by atoms with Crippen molar-refractivity contribution in [2.75, 3.05) is 5.33 Å². The van der Waals surface area contributed by atoms with Crippen LogP contribution in [0.4, 0.5) is 0 Å². The molecule has 0 spiro atoms. The predicted octanol–water partition coefficient (Wildman–Crippen LogP) is 1.53. The maximum atomic E-state index is 12.0. The summed E-state index contributed by atoms with van der Waals surface area (Å²) >= 11 is 9.03. The van der Waals surface area contributed by atoms with Gasteiger partial charge < -0.3 is 0 Å². The Morgan fingerprint density at radius 2 is 2.31 bits per heavy atom. The molecule has 0 amide bonds. The Morgan fingerprint density at radius 1 is 1.69 bits per heavy atom. The van der Waals surface area contributed by atoms with Crippen LogP contribution in [0.3, 0.4) is 0 Å². The average molecular weight is 331 g/mol. The van der Waals surface area contributed by atoms with E-state index in [1.54, 1.807) is 0 Å². The largest absolute Gasteiger partial charge is 0.259 e. The SMILES string of the molecule is CCC(CBr)NS(=O)(=O)c1c(Cl)cnn1C. The monoisotopic (exact) mass is 329 g/mol. The molecule has 0 aromatic carbocycles. The lowest BCUT2D eigenvalue weighted by Gasteiger charge is -2.14. The Balaban J connectivity index is 3.03. The minimum Gasteiger partial charge on any atom is -0.255 e. The molecule has 0 saturated carbocycles. The smallest absolute Gasteiger partial charge is 0.255 e. The molecule has 1 atom stereocenters. The highest BCUT2D eigenvalue weighted by molar-refractivity contribution is 9.09. The minimum atomic E-state index is -3.61. The van der Waals surface area contributed by atoms with Crippen LogP contribution in [0.25, 0.3) is 0 Å². The van der Waals surface area contributed by atoms with Gasteiger partial charge in [-0.2, -0.15) is 5.10 Å². The molecule has 0 bridgehead atoms. The summed E-state index contributed by atoms with van der Waals surface area (Å²) in [4.78, 5) is 0. The van der Waals surface area contributed by atoms with Crippen LogP contribution in [0.5, 0.6) is 0 Å². The van der Waals surface area contributed by atoms with E-state index in [0.29, 0.717) is 11.8 Å². The molecule has 8 heteroatoms. The highest BCUT2D eigenvalue weighted by Crippen LogP contribution is 2.20. The van der Waals surface area contributed by atoms with Gasteiger partial charge in [0.15, 0.2) is 5.03 Å². The van der Waals surface area contributed by atoms with Gasteiger partial charge in [0.1, 0.15) is 0 Å². The zero-order valence-electron chi connectivity index (χ0n) is 8.94. The van der Waals surface area contributed by atoms with Crippen molar-refractivity contribution in [3.05, 3.63) is 11.2 Å². The van der Waals surface area contributed by atoms with E-state index in [0.717, 1.165) is 0 Å². The second-order valence-electron chi connectivity index (χ2n) is 3.30. The van der Waals surface area contributed by atoms with E-state index >= 15 is 0 Å². The number of sulfonamides is 1. The van der Waals surface area contributed by atoms with Crippen LogP contribution in [0.15, 0.2) is 11.2 Å². The van der Waals surface area contributed by atoms with Crippen LogP contribution in [-0.2, 0) is 17.1 Å². The number of aromatic nitrogens is 2. The third-order valence-corrected chi connectivity index (χ3v) is 4.91. The Hall–Kier alpha value is -0.110. The Morgan fingerprint density at radius 3 is 2.69 bits per heavy atom. The van der Waals surface area contributed by atoms with Crippen molar-refractivity contribution in [1.29, 1.82) is 0 Å². The highest BCUT2D eigenvalue weighted by Gasteiger charge is 2.24. The van der Waals surface area contributed by atoms with Crippen molar-refractivity contribution in [2.45, 2.75) is 24.4 Å². The zero-order valence-corrected chi connectivity index (χ0v) is 12.1. The molecule has 0 saturated heterocycles. The van der Waals surface area contributed by atoms with E-state index in [9.17, 15) is 8.42 Å². The number of alkyl halides is 1. The van der Waals surface area contributed by atoms with Crippen LogP contribution in [0.1, 0.15) is 13.3 Å². The summed E-state index contributed by atoms with van der Waals surface area (Å²) in [5, 5.41) is 4.47. The maximum Gasteiger partial charge on any atom is 0.259 e. The Bertz CT molecular complexity index is 436. The standard InChI is InChI=1S/C8H13BrClN3O2S/c1-3-6(4-9)12-16(14,15)8-7(10)5-11-13(8)2/h5-6,12H,3-4H2,1-2H3. The highest BCUT2D eigenvalue weighted by atomic mass is 79.9. The van der Waals surface area contributed by atoms with Crippen LogP contribution in [-0.4, -0.2) is 29.6 Å². The molecular formula is C8H13BrClN3O2S. The minimum absolute atomic E-state index is 0.00596. The molecule has 0 aliphatic carbocycles. The van der Waals surface area contributed by atoms with E-state index < -0.39 is 10.0 Å². The average Bonchev–Trinajstić information content (AvgIpc) is 2.55. The summed E-state index contributed by atoms with van der Waals surface area (Å²) in [6.07, 6.45) is 2.01. The third-order valence-electron chi connectivity index (χ3n) is 2.10. The molecule has 5 nitrogen and oxygen atoms in total. The number of nitrogens with one attached hydrogen (secondary N) is 1. The maximum absolute atomic E-state index is 12.0. The number of nitrogens with zero attached hydrogens (tertiary/aromatic N) is 2. The molecule has 92 valence electrons. The van der Waals surface area contributed by atoms with Gasteiger partial charge in [-0.25, -0.2) is 13.1 Å². The molecular weight excluding hydrogens is 318 g/mol. The van der Waals surface area contributed by atoms with Crippen molar-refractivity contribution < 1.29 is 8.42 Å². The first-order chi connectivity index (χ1) is 7.42. The van der Waals surface area contributed by atoms with Gasteiger partial charge in [-0.05, 0) is 6.42 Å². The van der Waals surface area contributed by atoms with Crippen LogP contribution < -0.4 is 4.72 Å². The first kappa shape index (κ1) is 14.0. The van der Waals surface area contributed by atoms with Gasteiger partial charge in [0, 0.05) is 18.4 Å². The zero-order chi connectivity index (χ0) is 12.3. The van der Waals surface area contributed by atoms with Gasteiger partial charge in [-0.15, -0.1) is 0 Å². The molecule has 1 unspecified atom stereocenters. The van der Waals surface area contributed by atoms with Crippen molar-refractivity contribution in [2.24, 2.45) is 7.05 Å². The molecule has 1 aromatic rings. The van der Waals surface area contributed by atoms with E-state index in [4.69, 9.17) is 11.6 Å². The summed E-state index contributed by atoms with van der Waals surface area (Å²) in [6, 6.07) is -0.157. The van der Waals surface area contributed by atoms with Gasteiger partial charge in [-0.3, -0.25) is 4.68 Å². The fourth-order valence-electron chi connectivity index (χ4n) is 1.20. The molecule has 16 heavy (non-hydrogen) atoms. The lowest BCUT2D eigenvalue weighted by molar-refractivity contribution is 0.543. The molecule has 0 aliphatic rings. The topological polar surface area (TPSA) is 64.0 Å². The lowest BCUT2D eigenvalue weighted by atomic mass is 10.3. The van der Waals surface area contributed by atoms with Gasteiger partial charge in [-0.1, -0.05) is 34.5 Å². The first-order valence-electron chi connectivity index (χ1n) is 4.68. The summed E-state index contributed by atoms with van der Waals surface area (Å²) in [5.74, 6) is 0. The molecule has 0 aliphatic heterocycles. The van der Waals surface area contributed by atoms with Crippen LogP contribution in [0, 0.1) is 0 Å². The third kappa shape index (κ3) is 2.97. The predicted molar refractivity (Wildman–Crippen MR) is 66.4 cm³/mol. The Kier molecular flexibility index (Phi) is 4.78. The second kappa shape index (κ2) is 5.48. The number of aryl methyl sites for hydroxylation is 1. The number of rotatable bonds is 5. The summed E-state index contributed by atoms with van der Waals surface area (Å²) in [5.41, 5.74) is 0. The van der Waals surface area contributed by atoms with Gasteiger partial charge in [0.2, 0.25) is 0 Å². The quantitative estimate of drug-likeness (QED) is 0.833. The van der Waals surface area contributed by atoms with Gasteiger partial charge in [0.05, 0.1) is 11.2 Å². The van der Waals surface area contributed by atoms with Crippen molar-refractivity contribution in [3.8, 4) is 0 Å². The van der Waals surface area contributed by atoms with Crippen molar-refractivity contribution in [3.63, 3.8) is 0 Å². The van der Waals surface area contributed by atoms with E-state index in [1.165, 1.54) is 17.9 Å². The molecule has 1 N–H and O–H groups in total. The lowest BCUT2D eigenvalue weighted by Crippen LogP contribution is -2.36. The van der Waals surface area contributed by atoms with Gasteiger partial charge >= 0.3 is 0 Å². The molecule has 0 fully saturated rings. The van der Waals surface area contributed by atoms with E-state index in [-0.39, 0.29) is 16.1 Å². The van der Waals surface area contributed by atoms with Crippen LogP contribution in [0.2, 0.25) is 5.02 Å². The second-order valence-corrected chi connectivity index (χ2v) is 5.99. The molecule has 1 aromatic heterocycles. The Labute approximate surface area is 108 Å². The normalized spacial score (nSPS) is 14.0. The van der Waals surface area contributed by atoms with E-state index in [2.05, 4.69) is 25.8 Å². The fourth-order valence-corrected chi connectivity index (χ4v) is 4.01. The fraction of sp³-hybridized carbons (Fsp3) is 0.625. The van der Waals surface area contributed by atoms with Crippen LogP contribution >= 0.6 is 27.5 Å². The molecule has 1 heterocycles. The summed E-state index contributed by atoms with van der Waals surface area (Å²) in [6.45, 7) is 1.90. The molecule has 1 rings (SSSR count). The summed E-state index contributed by atoms with van der Waals surface area (Å²) < 4.78 is 27.8. The van der Waals surface area contributed by atoms with Gasteiger partial charge in [0.25, 0.3) is 10.0 Å². The first-order valence-corrected chi connectivity index (χ1v) is 7.66. The number of hydrogen-bond acceptors (Lipinski definition) is 3. The molecule has 0 radical (unpaired) electrons. The number of halogens is 2. The number of hydrogen-bond donors (Lipinski definition) is 1.